The maximum atomic E-state index is 13.3. The molecule has 0 aromatic heterocycles. The smallest absolute Gasteiger partial charge is 0.282 e. The summed E-state index contributed by atoms with van der Waals surface area (Å²) in [6.07, 6.45) is 0. The zero-order valence-electron chi connectivity index (χ0n) is 9.02. The summed E-state index contributed by atoms with van der Waals surface area (Å²) in [4.78, 5) is 10.8. The van der Waals surface area contributed by atoms with Gasteiger partial charge in [-0.1, -0.05) is 12.1 Å². The first-order valence-corrected chi connectivity index (χ1v) is 5.82. The van der Waals surface area contributed by atoms with Gasteiger partial charge in [0.05, 0.1) is 0 Å². The summed E-state index contributed by atoms with van der Waals surface area (Å²) in [7, 11) is 0. The van der Waals surface area contributed by atoms with E-state index in [0.29, 0.717) is 4.90 Å². The van der Waals surface area contributed by atoms with Crippen LogP contribution in [0.3, 0.4) is 0 Å². The zero-order chi connectivity index (χ0) is 14.0. The topological polar surface area (TPSA) is 29.1 Å². The summed E-state index contributed by atoms with van der Waals surface area (Å²) in [6, 6.07) is 4.12. The van der Waals surface area contributed by atoms with Crippen LogP contribution in [-0.4, -0.2) is 11.3 Å². The Morgan fingerprint density at radius 2 is 1.72 bits per heavy atom. The van der Waals surface area contributed by atoms with Gasteiger partial charge in [-0.15, -0.1) is 0 Å². The minimum absolute atomic E-state index is 0.156. The maximum Gasteiger partial charge on any atom is 0.335 e. The van der Waals surface area contributed by atoms with Gasteiger partial charge in [-0.25, -0.2) is 0 Å². The van der Waals surface area contributed by atoms with E-state index in [-0.39, 0.29) is 6.92 Å². The summed E-state index contributed by atoms with van der Waals surface area (Å²) in [5, 5.41) is -0.825. The lowest BCUT2D eigenvalue weighted by atomic mass is 10.0. The van der Waals surface area contributed by atoms with Crippen molar-refractivity contribution in [3.05, 3.63) is 29.8 Å². The molecule has 8 heteroatoms. The molecule has 1 amide bonds. The van der Waals surface area contributed by atoms with Crippen molar-refractivity contribution >= 4 is 28.9 Å². The summed E-state index contributed by atoms with van der Waals surface area (Å²) < 4.78 is 54.1. The van der Waals surface area contributed by atoms with Crippen molar-refractivity contribution in [2.24, 2.45) is 0 Å². The highest BCUT2D eigenvalue weighted by atomic mass is 35.5. The third-order valence-corrected chi connectivity index (χ3v) is 3.02. The van der Waals surface area contributed by atoms with Crippen molar-refractivity contribution in [1.29, 1.82) is 0 Å². The van der Waals surface area contributed by atoms with Crippen LogP contribution in [0, 0.1) is 0 Å². The predicted molar refractivity (Wildman–Crippen MR) is 61.2 cm³/mol. The quantitative estimate of drug-likeness (QED) is 0.387. The van der Waals surface area contributed by atoms with Crippen molar-refractivity contribution < 1.29 is 22.4 Å². The molecule has 0 saturated carbocycles. The molecule has 0 bridgehead atoms. The molecule has 0 heterocycles. The van der Waals surface area contributed by atoms with E-state index in [0.717, 1.165) is 24.1 Å². The molecule has 1 aromatic carbocycles. The molecular formula is C10H8ClF4NOS. The second kappa shape index (κ2) is 5.36. The lowest BCUT2D eigenvalue weighted by Crippen LogP contribution is -2.34. The third kappa shape index (κ3) is 3.52. The minimum Gasteiger partial charge on any atom is -0.282 e. The summed E-state index contributed by atoms with van der Waals surface area (Å²) in [6.45, 7) is 0.156. The monoisotopic (exact) mass is 301 g/mol. The Kier molecular flexibility index (Phi) is 4.50. The molecule has 2 nitrogen and oxygen atoms in total. The highest BCUT2D eigenvalue weighted by Crippen LogP contribution is 2.42. The molecule has 1 rings (SSSR count). The van der Waals surface area contributed by atoms with E-state index >= 15 is 0 Å². The van der Waals surface area contributed by atoms with Crippen LogP contribution < -0.4 is 4.72 Å². The Balaban J connectivity index is 2.86. The molecule has 0 aliphatic rings. The number of alkyl halides is 4. The van der Waals surface area contributed by atoms with E-state index < -0.39 is 22.8 Å². The van der Waals surface area contributed by atoms with Crippen LogP contribution in [0.4, 0.5) is 22.4 Å². The van der Waals surface area contributed by atoms with Gasteiger partial charge in [-0.2, -0.15) is 17.6 Å². The number of nitrogens with one attached hydrogen (secondary N) is 1. The number of rotatable bonds is 4. The number of carbonyl (C=O) groups excluding carboxylic acids is 1. The second-order valence-corrected chi connectivity index (χ2v) is 4.69. The molecule has 100 valence electrons. The molecule has 0 saturated heterocycles. The molecule has 0 radical (unpaired) electrons. The number of amides is 1. The van der Waals surface area contributed by atoms with Gasteiger partial charge >= 0.3 is 17.2 Å². The molecule has 0 aliphatic carbocycles. The molecule has 0 unspecified atom stereocenters. The van der Waals surface area contributed by atoms with Crippen molar-refractivity contribution in [3.63, 3.8) is 0 Å². The first-order chi connectivity index (χ1) is 8.14. The Labute approximate surface area is 110 Å². The van der Waals surface area contributed by atoms with Crippen molar-refractivity contribution in [2.75, 3.05) is 0 Å². The zero-order valence-corrected chi connectivity index (χ0v) is 10.6. The van der Waals surface area contributed by atoms with Crippen LogP contribution >= 0.6 is 23.5 Å². The standard InChI is InChI=1S/C10H8ClF4NOS/c1-9(12,13)10(14,15)6-2-4-7(5-3-6)18-16-8(11)17/h2-5H,1H3,(H,16,17). The number of carbonyl (C=O) groups is 1. The van der Waals surface area contributed by atoms with E-state index in [1.165, 1.54) is 12.1 Å². The van der Waals surface area contributed by atoms with Crippen molar-refractivity contribution in [3.8, 4) is 0 Å². The fraction of sp³-hybridized carbons (Fsp3) is 0.300. The van der Waals surface area contributed by atoms with Crippen LogP contribution in [0.15, 0.2) is 29.2 Å². The number of benzene rings is 1. The predicted octanol–water partition coefficient (Wildman–Crippen LogP) is 4.39. The number of hydrogen-bond acceptors (Lipinski definition) is 2. The van der Waals surface area contributed by atoms with Gasteiger partial charge in [0, 0.05) is 17.4 Å². The Morgan fingerprint density at radius 3 is 2.11 bits per heavy atom. The van der Waals surface area contributed by atoms with Gasteiger partial charge in [0.2, 0.25) is 0 Å². The second-order valence-electron chi connectivity index (χ2n) is 3.46. The Morgan fingerprint density at radius 1 is 1.22 bits per heavy atom. The first-order valence-electron chi connectivity index (χ1n) is 4.63. The van der Waals surface area contributed by atoms with Crippen LogP contribution in [0.5, 0.6) is 0 Å². The third-order valence-electron chi connectivity index (χ3n) is 2.02. The van der Waals surface area contributed by atoms with Crippen molar-refractivity contribution in [2.45, 2.75) is 23.7 Å². The SMILES string of the molecule is CC(F)(F)C(F)(F)c1ccc(SNC(=O)Cl)cc1. The Hall–Kier alpha value is -0.950. The van der Waals surface area contributed by atoms with Gasteiger partial charge < -0.3 is 0 Å². The van der Waals surface area contributed by atoms with Crippen LogP contribution in [0.25, 0.3) is 0 Å². The average molecular weight is 302 g/mol. The summed E-state index contributed by atoms with van der Waals surface area (Å²) in [5.74, 6) is -8.39. The van der Waals surface area contributed by atoms with E-state index in [1.54, 1.807) is 0 Å². The normalized spacial score (nSPS) is 12.3. The fourth-order valence-corrected chi connectivity index (χ4v) is 1.67. The van der Waals surface area contributed by atoms with Gasteiger partial charge in [0.1, 0.15) is 0 Å². The maximum absolute atomic E-state index is 13.3. The molecule has 0 atom stereocenters. The van der Waals surface area contributed by atoms with E-state index in [4.69, 9.17) is 11.6 Å². The van der Waals surface area contributed by atoms with Crippen LogP contribution in [-0.2, 0) is 5.92 Å². The van der Waals surface area contributed by atoms with E-state index in [1.807, 2.05) is 0 Å². The number of halogens is 5. The molecule has 0 fully saturated rings. The molecule has 1 N–H and O–H groups in total. The van der Waals surface area contributed by atoms with E-state index in [2.05, 4.69) is 4.72 Å². The fourth-order valence-electron chi connectivity index (χ4n) is 1.08. The van der Waals surface area contributed by atoms with Gasteiger partial charge in [0.25, 0.3) is 0 Å². The molecule has 0 aliphatic heterocycles. The van der Waals surface area contributed by atoms with Crippen LogP contribution in [0.1, 0.15) is 12.5 Å². The largest absolute Gasteiger partial charge is 0.335 e. The Bertz CT molecular complexity index is 432. The highest BCUT2D eigenvalue weighted by Gasteiger charge is 2.53. The average Bonchev–Trinajstić information content (AvgIpc) is 2.25. The molecule has 0 spiro atoms. The van der Waals surface area contributed by atoms with Gasteiger partial charge in [-0.3, -0.25) is 9.52 Å². The lowest BCUT2D eigenvalue weighted by molar-refractivity contribution is -0.204. The summed E-state index contributed by atoms with van der Waals surface area (Å²) in [5.41, 5.74) is -0.795. The molecule has 1 aromatic rings. The van der Waals surface area contributed by atoms with Gasteiger partial charge in [0.15, 0.2) is 0 Å². The lowest BCUT2D eigenvalue weighted by Gasteiger charge is -2.23. The van der Waals surface area contributed by atoms with E-state index in [9.17, 15) is 22.4 Å². The highest BCUT2D eigenvalue weighted by molar-refractivity contribution is 7.98. The molecular weight excluding hydrogens is 294 g/mol. The minimum atomic E-state index is -4.24. The van der Waals surface area contributed by atoms with Crippen LogP contribution in [0.2, 0.25) is 0 Å². The van der Waals surface area contributed by atoms with Gasteiger partial charge in [-0.05, 0) is 35.7 Å². The summed E-state index contributed by atoms with van der Waals surface area (Å²) >= 11 is 5.79. The number of hydrogen-bond donors (Lipinski definition) is 1. The first kappa shape index (κ1) is 15.1. The molecule has 18 heavy (non-hydrogen) atoms. The van der Waals surface area contributed by atoms with Crippen molar-refractivity contribution in [1.82, 2.24) is 4.72 Å².